The van der Waals surface area contributed by atoms with Crippen LogP contribution < -0.4 is 16.0 Å². The van der Waals surface area contributed by atoms with Gasteiger partial charge in [0.1, 0.15) is 0 Å². The van der Waals surface area contributed by atoms with Crippen molar-refractivity contribution in [2.24, 2.45) is 5.92 Å². The molecule has 0 bridgehead atoms. The fraction of sp³-hybridized carbons (Fsp3) is 0.900. The molecule has 0 aromatic heterocycles. The molecule has 1 aliphatic rings. The van der Waals surface area contributed by atoms with Crippen molar-refractivity contribution in [3.63, 3.8) is 0 Å². The molecule has 3 N–H and O–H groups in total. The predicted octanol–water partition coefficient (Wildman–Crippen LogP) is -0.290. The topological polar surface area (TPSA) is 53.2 Å². The summed E-state index contributed by atoms with van der Waals surface area (Å²) in [6, 6.07) is 0.224. The lowest BCUT2D eigenvalue weighted by molar-refractivity contribution is -0.126. The largest absolute Gasteiger partial charge is 0.352 e. The zero-order valence-electron chi connectivity index (χ0n) is 9.10. The molecule has 1 aliphatic heterocycles. The maximum atomic E-state index is 11.7. The Bertz CT molecular complexity index is 178. The fourth-order valence-electron chi connectivity index (χ4n) is 1.80. The molecule has 1 atom stereocenters. The van der Waals surface area contributed by atoms with Crippen molar-refractivity contribution in [3.8, 4) is 0 Å². The maximum Gasteiger partial charge on any atom is 0.223 e. The zero-order chi connectivity index (χ0) is 10.4. The summed E-state index contributed by atoms with van der Waals surface area (Å²) in [6.07, 6.45) is 1.94. The molecular weight excluding hydrogens is 178 g/mol. The summed E-state index contributed by atoms with van der Waals surface area (Å²) >= 11 is 0. The Morgan fingerprint density at radius 1 is 1.50 bits per heavy atom. The van der Waals surface area contributed by atoms with Gasteiger partial charge in [0.25, 0.3) is 0 Å². The van der Waals surface area contributed by atoms with E-state index in [0.717, 1.165) is 32.5 Å². The number of nitrogens with one attached hydrogen (secondary N) is 3. The Morgan fingerprint density at radius 3 is 2.71 bits per heavy atom. The average molecular weight is 199 g/mol. The highest BCUT2D eigenvalue weighted by Gasteiger charge is 2.21. The molecule has 1 fully saturated rings. The molecule has 0 spiro atoms. The van der Waals surface area contributed by atoms with Crippen LogP contribution in [-0.4, -0.2) is 38.6 Å². The molecule has 1 rings (SSSR count). The lowest BCUT2D eigenvalue weighted by Crippen LogP contribution is -2.44. The minimum Gasteiger partial charge on any atom is -0.352 e. The number of carbonyl (C=O) groups excluding carboxylic acids is 1. The van der Waals surface area contributed by atoms with Crippen molar-refractivity contribution in [1.29, 1.82) is 0 Å². The van der Waals surface area contributed by atoms with Crippen molar-refractivity contribution >= 4 is 5.91 Å². The lowest BCUT2D eigenvalue weighted by atomic mass is 9.97. The van der Waals surface area contributed by atoms with E-state index in [2.05, 4.69) is 16.0 Å². The van der Waals surface area contributed by atoms with Gasteiger partial charge in [0.05, 0.1) is 0 Å². The normalized spacial score (nSPS) is 20.4. The molecule has 1 amide bonds. The third kappa shape index (κ3) is 3.64. The molecule has 1 saturated heterocycles. The summed E-state index contributed by atoms with van der Waals surface area (Å²) in [4.78, 5) is 11.7. The molecular formula is C10H21N3O. The van der Waals surface area contributed by atoms with Gasteiger partial charge in [-0.1, -0.05) is 0 Å². The average Bonchev–Trinajstić information content (AvgIpc) is 2.19. The SMILES string of the molecule is CNC[C@H](C)NC(=O)C1CCNCC1. The number of rotatable bonds is 4. The Hall–Kier alpha value is -0.610. The Labute approximate surface area is 85.8 Å². The van der Waals surface area contributed by atoms with Gasteiger partial charge in [-0.25, -0.2) is 0 Å². The van der Waals surface area contributed by atoms with Crippen molar-refractivity contribution in [2.45, 2.75) is 25.8 Å². The van der Waals surface area contributed by atoms with Crippen molar-refractivity contribution < 1.29 is 4.79 Å². The Balaban J connectivity index is 2.25. The van der Waals surface area contributed by atoms with Gasteiger partial charge < -0.3 is 16.0 Å². The van der Waals surface area contributed by atoms with E-state index in [-0.39, 0.29) is 17.9 Å². The molecule has 0 radical (unpaired) electrons. The molecule has 4 heteroatoms. The Morgan fingerprint density at radius 2 is 2.14 bits per heavy atom. The summed E-state index contributed by atoms with van der Waals surface area (Å²) in [6.45, 7) is 4.79. The summed E-state index contributed by atoms with van der Waals surface area (Å²) in [5.41, 5.74) is 0. The van der Waals surface area contributed by atoms with Gasteiger partial charge in [-0.05, 0) is 39.9 Å². The van der Waals surface area contributed by atoms with E-state index in [9.17, 15) is 4.79 Å². The van der Waals surface area contributed by atoms with Crippen LogP contribution in [0, 0.1) is 5.92 Å². The Kier molecular flexibility index (Phi) is 4.90. The van der Waals surface area contributed by atoms with Crippen LogP contribution in [0.25, 0.3) is 0 Å². The third-order valence-electron chi connectivity index (χ3n) is 2.61. The minimum absolute atomic E-state index is 0.217. The summed E-state index contributed by atoms with van der Waals surface area (Å²) in [7, 11) is 1.90. The van der Waals surface area contributed by atoms with Crippen LogP contribution >= 0.6 is 0 Å². The second kappa shape index (κ2) is 5.98. The predicted molar refractivity (Wildman–Crippen MR) is 57.1 cm³/mol. The number of piperidine rings is 1. The van der Waals surface area contributed by atoms with E-state index in [4.69, 9.17) is 0 Å². The van der Waals surface area contributed by atoms with Crippen molar-refractivity contribution in [3.05, 3.63) is 0 Å². The molecule has 0 unspecified atom stereocenters. The van der Waals surface area contributed by atoms with Gasteiger partial charge in [-0.2, -0.15) is 0 Å². The second-order valence-electron chi connectivity index (χ2n) is 3.99. The van der Waals surface area contributed by atoms with Crippen LogP contribution in [0.4, 0.5) is 0 Å². The molecule has 0 saturated carbocycles. The van der Waals surface area contributed by atoms with Crippen LogP contribution in [0.3, 0.4) is 0 Å². The zero-order valence-corrected chi connectivity index (χ0v) is 9.10. The maximum absolute atomic E-state index is 11.7. The molecule has 1 heterocycles. The fourth-order valence-corrected chi connectivity index (χ4v) is 1.80. The molecule has 0 aromatic carbocycles. The van der Waals surface area contributed by atoms with Gasteiger partial charge in [0.15, 0.2) is 0 Å². The van der Waals surface area contributed by atoms with Gasteiger partial charge in [0, 0.05) is 18.5 Å². The molecule has 82 valence electrons. The second-order valence-corrected chi connectivity index (χ2v) is 3.99. The van der Waals surface area contributed by atoms with Crippen LogP contribution in [-0.2, 0) is 4.79 Å². The van der Waals surface area contributed by atoms with Crippen LogP contribution in [0.15, 0.2) is 0 Å². The molecule has 0 aliphatic carbocycles. The number of hydrogen-bond acceptors (Lipinski definition) is 3. The first kappa shape index (κ1) is 11.5. The van der Waals surface area contributed by atoms with Gasteiger partial charge in [-0.15, -0.1) is 0 Å². The molecule has 14 heavy (non-hydrogen) atoms. The van der Waals surface area contributed by atoms with Crippen LogP contribution in [0.2, 0.25) is 0 Å². The van der Waals surface area contributed by atoms with E-state index < -0.39 is 0 Å². The third-order valence-corrected chi connectivity index (χ3v) is 2.61. The summed E-state index contributed by atoms with van der Waals surface area (Å²) in [5, 5.41) is 9.33. The highest BCUT2D eigenvalue weighted by molar-refractivity contribution is 5.79. The van der Waals surface area contributed by atoms with E-state index >= 15 is 0 Å². The monoisotopic (exact) mass is 199 g/mol. The van der Waals surface area contributed by atoms with Gasteiger partial charge in [-0.3, -0.25) is 4.79 Å². The highest BCUT2D eigenvalue weighted by Crippen LogP contribution is 2.11. The highest BCUT2D eigenvalue weighted by atomic mass is 16.1. The smallest absolute Gasteiger partial charge is 0.223 e. The summed E-state index contributed by atoms with van der Waals surface area (Å²) < 4.78 is 0. The first-order valence-electron chi connectivity index (χ1n) is 5.39. The van der Waals surface area contributed by atoms with E-state index in [0.29, 0.717) is 0 Å². The standard InChI is InChI=1S/C10H21N3O/c1-8(7-11-2)13-10(14)9-3-5-12-6-4-9/h8-9,11-12H,3-7H2,1-2H3,(H,13,14)/t8-/m0/s1. The number of amides is 1. The first-order valence-corrected chi connectivity index (χ1v) is 5.39. The van der Waals surface area contributed by atoms with Crippen LogP contribution in [0.5, 0.6) is 0 Å². The van der Waals surface area contributed by atoms with Crippen molar-refractivity contribution in [2.75, 3.05) is 26.7 Å². The number of likely N-dealkylation sites (N-methyl/N-ethyl adjacent to an activating group) is 1. The quantitative estimate of drug-likeness (QED) is 0.583. The van der Waals surface area contributed by atoms with Gasteiger partial charge >= 0.3 is 0 Å². The minimum atomic E-state index is 0.217. The van der Waals surface area contributed by atoms with Gasteiger partial charge in [0.2, 0.25) is 5.91 Å². The van der Waals surface area contributed by atoms with E-state index in [1.165, 1.54) is 0 Å². The van der Waals surface area contributed by atoms with E-state index in [1.807, 2.05) is 14.0 Å². The van der Waals surface area contributed by atoms with Crippen LogP contribution in [0.1, 0.15) is 19.8 Å². The molecule has 0 aromatic rings. The summed E-state index contributed by atoms with van der Waals surface area (Å²) in [5.74, 6) is 0.435. The first-order chi connectivity index (χ1) is 6.74. The number of carbonyl (C=O) groups is 1. The lowest BCUT2D eigenvalue weighted by Gasteiger charge is -2.23. The van der Waals surface area contributed by atoms with Crippen molar-refractivity contribution in [1.82, 2.24) is 16.0 Å². The molecule has 4 nitrogen and oxygen atoms in total. The van der Waals surface area contributed by atoms with E-state index in [1.54, 1.807) is 0 Å². The number of hydrogen-bond donors (Lipinski definition) is 3.